The van der Waals surface area contributed by atoms with E-state index in [0.29, 0.717) is 28.9 Å². The van der Waals surface area contributed by atoms with Gasteiger partial charge in [-0.2, -0.15) is 0 Å². The van der Waals surface area contributed by atoms with Crippen LogP contribution in [-0.4, -0.2) is 43.6 Å². The molecule has 0 radical (unpaired) electrons. The topological polar surface area (TPSA) is 55.8 Å². The fourth-order valence-electron chi connectivity index (χ4n) is 2.39. The molecule has 120 valence electrons. The van der Waals surface area contributed by atoms with Crippen molar-refractivity contribution in [2.24, 2.45) is 5.92 Å². The van der Waals surface area contributed by atoms with Gasteiger partial charge in [0.25, 0.3) is 5.91 Å². The zero-order valence-electron chi connectivity index (χ0n) is 12.2. The Bertz CT molecular complexity index is 564. The zero-order chi connectivity index (χ0) is 16.1. The monoisotopic (exact) mass is 345 g/mol. The van der Waals surface area contributed by atoms with Crippen molar-refractivity contribution in [1.82, 2.24) is 4.90 Å². The predicted molar refractivity (Wildman–Crippen MR) is 83.3 cm³/mol. The van der Waals surface area contributed by atoms with Crippen LogP contribution >= 0.6 is 23.2 Å². The number of benzene rings is 1. The SMILES string of the molecule is COC(=O)C1CCCN(C(=O)COc2ccc(Cl)cc2Cl)C1. The third-order valence-electron chi connectivity index (χ3n) is 3.55. The van der Waals surface area contributed by atoms with Gasteiger partial charge < -0.3 is 14.4 Å². The number of carbonyl (C=O) groups is 2. The van der Waals surface area contributed by atoms with Crippen molar-refractivity contribution in [3.63, 3.8) is 0 Å². The molecule has 5 nitrogen and oxygen atoms in total. The van der Waals surface area contributed by atoms with Gasteiger partial charge in [0.15, 0.2) is 6.61 Å². The third kappa shape index (κ3) is 4.27. The lowest BCUT2D eigenvalue weighted by Gasteiger charge is -2.31. The van der Waals surface area contributed by atoms with Crippen LogP contribution < -0.4 is 4.74 Å². The Morgan fingerprint density at radius 1 is 1.36 bits per heavy atom. The number of nitrogens with zero attached hydrogens (tertiary/aromatic N) is 1. The average molecular weight is 346 g/mol. The first-order valence-corrected chi connectivity index (χ1v) is 7.70. The summed E-state index contributed by atoms with van der Waals surface area (Å²) in [5, 5.41) is 0.854. The number of likely N-dealkylation sites (tertiary alicyclic amines) is 1. The molecule has 0 N–H and O–H groups in total. The molecule has 1 aliphatic heterocycles. The van der Waals surface area contributed by atoms with E-state index in [4.69, 9.17) is 32.7 Å². The van der Waals surface area contributed by atoms with Crippen LogP contribution in [0.2, 0.25) is 10.0 Å². The molecule has 1 amide bonds. The summed E-state index contributed by atoms with van der Waals surface area (Å²) in [4.78, 5) is 25.4. The standard InChI is InChI=1S/C15H17Cl2NO4/c1-21-15(20)10-3-2-6-18(8-10)14(19)9-22-13-5-4-11(16)7-12(13)17/h4-5,7,10H,2-3,6,8-9H2,1H3. The van der Waals surface area contributed by atoms with Gasteiger partial charge in [0.1, 0.15) is 5.75 Å². The van der Waals surface area contributed by atoms with Gasteiger partial charge in [-0.15, -0.1) is 0 Å². The number of hydrogen-bond acceptors (Lipinski definition) is 4. The third-order valence-corrected chi connectivity index (χ3v) is 4.08. The molecule has 1 fully saturated rings. The van der Waals surface area contributed by atoms with Gasteiger partial charge in [-0.05, 0) is 31.0 Å². The molecular weight excluding hydrogens is 329 g/mol. The molecule has 0 aromatic heterocycles. The molecule has 0 saturated carbocycles. The van der Waals surface area contributed by atoms with Crippen molar-refractivity contribution in [2.75, 3.05) is 26.8 Å². The van der Waals surface area contributed by atoms with Gasteiger partial charge in [-0.1, -0.05) is 23.2 Å². The number of piperidine rings is 1. The van der Waals surface area contributed by atoms with Crippen molar-refractivity contribution in [3.05, 3.63) is 28.2 Å². The zero-order valence-corrected chi connectivity index (χ0v) is 13.7. The fourth-order valence-corrected chi connectivity index (χ4v) is 2.85. The Hall–Kier alpha value is -1.46. The summed E-state index contributed by atoms with van der Waals surface area (Å²) in [6.45, 7) is 0.850. The molecule has 1 aliphatic rings. The van der Waals surface area contributed by atoms with Crippen LogP contribution in [0.4, 0.5) is 0 Å². The smallest absolute Gasteiger partial charge is 0.310 e. The van der Waals surface area contributed by atoms with Gasteiger partial charge in [0, 0.05) is 18.1 Å². The molecule has 1 saturated heterocycles. The number of amides is 1. The molecule has 0 spiro atoms. The normalized spacial score (nSPS) is 18.0. The van der Waals surface area contributed by atoms with Gasteiger partial charge in [0.2, 0.25) is 0 Å². The maximum Gasteiger partial charge on any atom is 0.310 e. The van der Waals surface area contributed by atoms with Crippen LogP contribution in [0.1, 0.15) is 12.8 Å². The largest absolute Gasteiger partial charge is 0.482 e. The first kappa shape index (κ1) is 16.9. The lowest BCUT2D eigenvalue weighted by Crippen LogP contribution is -2.44. The van der Waals surface area contributed by atoms with E-state index < -0.39 is 0 Å². The predicted octanol–water partition coefficient (Wildman–Crippen LogP) is 2.78. The first-order chi connectivity index (χ1) is 10.5. The summed E-state index contributed by atoms with van der Waals surface area (Å²) in [6, 6.07) is 4.81. The minimum Gasteiger partial charge on any atom is -0.482 e. The van der Waals surface area contributed by atoms with Crippen LogP contribution in [0.5, 0.6) is 5.75 Å². The van der Waals surface area contributed by atoms with E-state index in [0.717, 1.165) is 12.8 Å². The minimum atomic E-state index is -0.279. The van der Waals surface area contributed by atoms with Crippen molar-refractivity contribution >= 4 is 35.1 Å². The highest BCUT2D eigenvalue weighted by molar-refractivity contribution is 6.35. The minimum absolute atomic E-state index is 0.130. The summed E-state index contributed by atoms with van der Waals surface area (Å²) in [5.74, 6) is -0.318. The van der Waals surface area contributed by atoms with Crippen LogP contribution in [0.25, 0.3) is 0 Å². The molecule has 0 bridgehead atoms. The quantitative estimate of drug-likeness (QED) is 0.787. The first-order valence-electron chi connectivity index (χ1n) is 6.94. The molecule has 0 aliphatic carbocycles. The Balaban J connectivity index is 1.90. The highest BCUT2D eigenvalue weighted by Crippen LogP contribution is 2.27. The van der Waals surface area contributed by atoms with E-state index in [1.54, 1.807) is 23.1 Å². The van der Waals surface area contributed by atoms with E-state index in [-0.39, 0.29) is 24.4 Å². The number of hydrogen-bond donors (Lipinski definition) is 0. The maximum absolute atomic E-state index is 12.2. The molecule has 7 heteroatoms. The van der Waals surface area contributed by atoms with Crippen molar-refractivity contribution < 1.29 is 19.1 Å². The number of methoxy groups -OCH3 is 1. The molecule has 1 unspecified atom stereocenters. The maximum atomic E-state index is 12.2. The van der Waals surface area contributed by atoms with Crippen molar-refractivity contribution in [3.8, 4) is 5.75 Å². The van der Waals surface area contributed by atoms with Crippen molar-refractivity contribution in [2.45, 2.75) is 12.8 Å². The summed E-state index contributed by atoms with van der Waals surface area (Å²) in [7, 11) is 1.36. The van der Waals surface area contributed by atoms with Gasteiger partial charge in [0.05, 0.1) is 18.1 Å². The summed E-state index contributed by atoms with van der Waals surface area (Å²) in [5.41, 5.74) is 0. The van der Waals surface area contributed by atoms with Crippen LogP contribution in [0, 0.1) is 5.92 Å². The second kappa shape index (κ2) is 7.70. The summed E-state index contributed by atoms with van der Waals surface area (Å²) >= 11 is 11.8. The Labute approximate surface area is 139 Å². The molecule has 1 aromatic rings. The van der Waals surface area contributed by atoms with Crippen LogP contribution in [0.15, 0.2) is 18.2 Å². The second-order valence-electron chi connectivity index (χ2n) is 5.07. The van der Waals surface area contributed by atoms with E-state index in [1.807, 2.05) is 0 Å². The Morgan fingerprint density at radius 3 is 2.82 bits per heavy atom. The van der Waals surface area contributed by atoms with Crippen LogP contribution in [0.3, 0.4) is 0 Å². The molecule has 1 aromatic carbocycles. The average Bonchev–Trinajstić information content (AvgIpc) is 2.53. The second-order valence-corrected chi connectivity index (χ2v) is 5.91. The number of esters is 1. The van der Waals surface area contributed by atoms with Crippen molar-refractivity contribution in [1.29, 1.82) is 0 Å². The highest BCUT2D eigenvalue weighted by atomic mass is 35.5. The van der Waals surface area contributed by atoms with Gasteiger partial charge in [-0.25, -0.2) is 0 Å². The lowest BCUT2D eigenvalue weighted by molar-refractivity contribution is -0.149. The fraction of sp³-hybridized carbons (Fsp3) is 0.467. The molecule has 1 heterocycles. The van der Waals surface area contributed by atoms with Gasteiger partial charge >= 0.3 is 5.97 Å². The van der Waals surface area contributed by atoms with E-state index in [1.165, 1.54) is 7.11 Å². The Morgan fingerprint density at radius 2 is 2.14 bits per heavy atom. The number of halogens is 2. The van der Waals surface area contributed by atoms with E-state index in [9.17, 15) is 9.59 Å². The van der Waals surface area contributed by atoms with E-state index in [2.05, 4.69) is 0 Å². The number of ether oxygens (including phenoxy) is 2. The molecule has 1 atom stereocenters. The molecule has 22 heavy (non-hydrogen) atoms. The Kier molecular flexibility index (Phi) is 5.91. The number of carbonyl (C=O) groups excluding carboxylic acids is 2. The highest BCUT2D eigenvalue weighted by Gasteiger charge is 2.29. The molecular formula is C15H17Cl2NO4. The number of rotatable bonds is 4. The van der Waals surface area contributed by atoms with Crippen LogP contribution in [-0.2, 0) is 14.3 Å². The summed E-state index contributed by atoms with van der Waals surface area (Å²) in [6.07, 6.45) is 1.51. The van der Waals surface area contributed by atoms with E-state index >= 15 is 0 Å². The lowest BCUT2D eigenvalue weighted by atomic mass is 9.98. The van der Waals surface area contributed by atoms with Gasteiger partial charge in [-0.3, -0.25) is 9.59 Å². The summed E-state index contributed by atoms with van der Waals surface area (Å²) < 4.78 is 10.2. The molecule has 2 rings (SSSR count).